The highest BCUT2D eigenvalue weighted by Crippen LogP contribution is 2.41. The molecule has 2 fully saturated rings. The smallest absolute Gasteiger partial charge is 0.337 e. The molecule has 16 rings (SSSR count). The van der Waals surface area contributed by atoms with Crippen molar-refractivity contribution >= 4 is 117 Å². The van der Waals surface area contributed by atoms with Crippen LogP contribution in [-0.4, -0.2) is 269 Å². The zero-order chi connectivity index (χ0) is 109. The number of aromatic amines is 1. The van der Waals surface area contributed by atoms with Gasteiger partial charge in [0.2, 0.25) is 0 Å². The van der Waals surface area contributed by atoms with Gasteiger partial charge >= 0.3 is 11.9 Å². The molecule has 149 heavy (non-hydrogen) atoms. The summed E-state index contributed by atoms with van der Waals surface area (Å²) in [6, 6.07) is 50.4. The van der Waals surface area contributed by atoms with Crippen LogP contribution in [0.2, 0.25) is 0 Å². The van der Waals surface area contributed by atoms with Gasteiger partial charge in [-0.15, -0.1) is 0 Å². The van der Waals surface area contributed by atoms with E-state index in [9.17, 15) is 33.6 Å². The maximum absolute atomic E-state index is 11.9. The third-order valence-corrected chi connectivity index (χ3v) is 22.5. The van der Waals surface area contributed by atoms with E-state index in [1.165, 1.54) is 63.1 Å². The largest absolute Gasteiger partial charge is 0.465 e. The second-order valence-electron chi connectivity index (χ2n) is 34.3. The summed E-state index contributed by atoms with van der Waals surface area (Å²) < 4.78 is 11.3. The Morgan fingerprint density at radius 3 is 1.32 bits per heavy atom. The molecule has 0 unspecified atom stereocenters. The molecule has 9 aromatic heterocycles. The minimum atomic E-state index is -0.297. The van der Waals surface area contributed by atoms with Crippen LogP contribution in [0.5, 0.6) is 0 Å². The number of esters is 2. The van der Waals surface area contributed by atoms with Crippen LogP contribution in [0, 0.1) is 6.92 Å². The zero-order valence-electron chi connectivity index (χ0n) is 91.1. The van der Waals surface area contributed by atoms with Crippen molar-refractivity contribution in [1.82, 2.24) is 85.6 Å². The van der Waals surface area contributed by atoms with Crippen LogP contribution in [0.1, 0.15) is 227 Å². The number of amides is 5. The Hall–Kier alpha value is -16.7. The topological polar surface area (TPSA) is 475 Å². The van der Waals surface area contributed by atoms with Crippen LogP contribution >= 0.6 is 0 Å². The van der Waals surface area contributed by atoms with Crippen molar-refractivity contribution in [3.05, 3.63) is 284 Å². The monoisotopic (exact) mass is 2030 g/mol. The molecule has 3 aromatic carbocycles. The van der Waals surface area contributed by atoms with E-state index in [1.807, 2.05) is 200 Å². The number of ether oxygens (including phenoxy) is 2. The van der Waals surface area contributed by atoms with E-state index in [2.05, 4.69) is 172 Å². The van der Waals surface area contributed by atoms with Gasteiger partial charge in [-0.3, -0.25) is 53.7 Å². The van der Waals surface area contributed by atoms with Gasteiger partial charge in [-0.25, -0.2) is 44.5 Å². The summed E-state index contributed by atoms with van der Waals surface area (Å²) in [5.41, 5.74) is 19.7. The Kier molecular flexibility index (Phi) is 52.7. The molecule has 0 saturated heterocycles. The zero-order valence-corrected chi connectivity index (χ0v) is 91.1. The number of anilines is 9. The fourth-order valence-electron chi connectivity index (χ4n) is 13.7. The Labute approximate surface area is 877 Å². The van der Waals surface area contributed by atoms with Gasteiger partial charge in [0.1, 0.15) is 41.2 Å². The molecular weight excluding hydrogens is 1880 g/mol. The molecule has 0 spiro atoms. The number of aromatic nitrogens is 12. The third kappa shape index (κ3) is 41.4. The number of hydrogen-bond acceptors (Lipinski definition) is 31. The highest BCUT2D eigenvalue weighted by Gasteiger charge is 2.28. The maximum Gasteiger partial charge on any atom is 0.337 e. The molecule has 2 saturated carbocycles. The van der Waals surface area contributed by atoms with E-state index >= 15 is 0 Å². The summed E-state index contributed by atoms with van der Waals surface area (Å²) in [6.45, 7) is 15.8. The summed E-state index contributed by atoms with van der Waals surface area (Å²) in [4.78, 5) is 130. The van der Waals surface area contributed by atoms with Gasteiger partial charge in [0.05, 0.1) is 44.1 Å². The maximum atomic E-state index is 11.9. The lowest BCUT2D eigenvalue weighted by Gasteiger charge is -2.12. The number of hydrogen-bond donors (Lipinski definition) is 13. The first kappa shape index (κ1) is 121. The second-order valence-corrected chi connectivity index (χ2v) is 34.3. The number of aryl methyl sites for hydroxylation is 6. The lowest BCUT2D eigenvalue weighted by molar-refractivity contribution is 0.0591. The highest BCUT2D eigenvalue weighted by molar-refractivity contribution is 6.11. The molecule has 12 aromatic rings. The van der Waals surface area contributed by atoms with Crippen molar-refractivity contribution in [3.63, 3.8) is 0 Å². The second kappa shape index (κ2) is 64.9. The number of aliphatic imine (C=N–C) groups is 3. The molecule has 4 aliphatic rings. The van der Waals surface area contributed by atoms with Crippen LogP contribution < -0.4 is 63.8 Å². The van der Waals surface area contributed by atoms with Gasteiger partial charge in [-0.1, -0.05) is 72.2 Å². The molecule has 5 amide bonds. The number of benzene rings is 3. The first-order chi connectivity index (χ1) is 71.7. The number of nitrogens with zero attached hydrogens (tertiary/aromatic N) is 16. The van der Waals surface area contributed by atoms with Crippen LogP contribution in [0.25, 0.3) is 17.0 Å². The number of pyridine rings is 7. The van der Waals surface area contributed by atoms with Crippen LogP contribution in [-0.2, 0) is 42.2 Å². The Morgan fingerprint density at radius 2 is 0.906 bits per heavy atom. The minimum absolute atomic E-state index is 0.0154. The molecule has 0 radical (unpaired) electrons. The number of methoxy groups -OCH3 is 2. The summed E-state index contributed by atoms with van der Waals surface area (Å²) in [6.07, 6.45) is 21.5. The van der Waals surface area contributed by atoms with E-state index in [4.69, 9.17) is 4.74 Å². The lowest BCUT2D eigenvalue weighted by atomic mass is 10.1. The van der Waals surface area contributed by atoms with Crippen LogP contribution in [0.15, 0.2) is 204 Å². The van der Waals surface area contributed by atoms with Crippen molar-refractivity contribution in [3.8, 4) is 11.4 Å². The molecule has 13 N–H and O–H groups in total. The predicted molar refractivity (Wildman–Crippen MR) is 603 cm³/mol. The molecule has 38 heteroatoms. The molecule has 38 nitrogen and oxygen atoms in total. The van der Waals surface area contributed by atoms with Crippen molar-refractivity contribution < 1.29 is 43.0 Å². The Morgan fingerprint density at radius 1 is 0.450 bits per heavy atom. The third-order valence-electron chi connectivity index (χ3n) is 22.5. The Bertz CT molecular complexity index is 6220. The average molecular weight is 2040 g/mol. The molecule has 2 aliphatic carbocycles. The van der Waals surface area contributed by atoms with Gasteiger partial charge in [-0.2, -0.15) is 10.2 Å². The van der Waals surface area contributed by atoms with Gasteiger partial charge in [-0.05, 0) is 221 Å². The van der Waals surface area contributed by atoms with Crippen molar-refractivity contribution in [2.45, 2.75) is 130 Å². The van der Waals surface area contributed by atoms with Gasteiger partial charge in [0, 0.05) is 258 Å². The molecule has 2 aliphatic heterocycles. The van der Waals surface area contributed by atoms with E-state index in [0.717, 1.165) is 166 Å². The number of unbranched alkanes of at least 4 members (excludes halogenated alkanes) is 1. The van der Waals surface area contributed by atoms with Gasteiger partial charge in [0.15, 0.2) is 11.7 Å². The SMILES string of the molecule is CCCCc1cc(C(=O)N(C)C)cc(NC)n1.CCc1cc(C(=O)OC)cc(C(C)C)n1.CCc1cc(C(=O)OC)cc(CC)n1.CNC(=O)c1cccc(NC)c1.CNC(=O)c1cccc(NC)c1.CNC(=O)c1cccc(NC)c1.CNc1cc(-c2ncn[nH]2)ccn1.CNc1cc(C(=O)N(C)C)cc(C2CC2)n1.CNc1cc(C2=CCN=C2)ccn1.CNc1cc(C2=NCC=N2)cc(C)n1.CNc1cc(C2CC2)nn1C. The first-order valence-electron chi connectivity index (χ1n) is 49.5. The molecular formula is C111H151N29O9. The number of rotatable bonds is 28. The average Bonchev–Trinajstić information content (AvgIpc) is 1.65. The quantitative estimate of drug-likeness (QED) is 0.0203. The highest BCUT2D eigenvalue weighted by atomic mass is 16.5. The van der Waals surface area contributed by atoms with Gasteiger partial charge < -0.3 is 83.1 Å². The normalized spacial score (nSPS) is 11.6. The first-order valence-corrected chi connectivity index (χ1v) is 49.5. The van der Waals surface area contributed by atoms with Crippen molar-refractivity contribution in [2.24, 2.45) is 22.0 Å². The standard InChI is InChI=1S/C13H21N3O.C12H17N3O.C12H17NO2.C11H15NO2.C10H12N4.C10H11N3.3C9H12N2O.C8H9N5.C8H13N3/c1-5-6-7-11-8-10(13(17)16(3)4)9-12(14-2)15-11;1-13-11-7-9(12(16)15(2)3)6-10(14-11)8-4-5-8;1-5-10-6-9(12(14)15-4)7-11(13-10)8(2)3;1-4-9-6-8(11(13)14-3)7-10(5-2)12-9;1-7-5-8(6-9(11-2)14-7)10-12-3-4-13-10;1-11-10-6-8(3-5-13-10)9-2-4-12-7-9;3*1-10-8-5-3-4-7(6-8)9(12)11-2;1-9-7-4-6(2-3-10-7)8-11-5-12-13-8;1-9-8-5-7(6-3-4-6)10-11(8)2/h8-9H,5-7H2,1-4H3,(H,14,15);6-8H,4-5H2,1-3H3,(H,13,14);6-8H,5H2,1-4H3;6-7H,4-5H2,1-3H3;3,5-6H,4H2,1-2H3,(H,11,14);2-3,5-7H,4H2,1H3,(H,11,13);3*3-6,10H,1-2H3,(H,11,12);2-5H,1H3,(H,9,10)(H,11,12,13);5-6,9H,3-4H2,1-2H3. The molecule has 0 bridgehead atoms. The number of H-pyrrole nitrogens is 1. The summed E-state index contributed by atoms with van der Waals surface area (Å²) in [5, 5.41) is 45.6. The van der Waals surface area contributed by atoms with E-state index in [0.29, 0.717) is 57.3 Å². The number of nitrogens with one attached hydrogen (secondary N) is 13. The van der Waals surface area contributed by atoms with Crippen LogP contribution in [0.3, 0.4) is 0 Å². The van der Waals surface area contributed by atoms with Crippen molar-refractivity contribution in [2.75, 3.05) is 188 Å². The molecule has 0 atom stereocenters. The van der Waals surface area contributed by atoms with E-state index < -0.39 is 0 Å². The fraction of sp³-hybridized carbons (Fsp3) is 0.369. The van der Waals surface area contributed by atoms with Crippen LogP contribution in [0.4, 0.5) is 52.0 Å². The molecule has 11 heterocycles. The lowest BCUT2D eigenvalue weighted by Crippen LogP contribution is -2.22. The Balaban J connectivity index is 0.000000251. The number of amidine groups is 1. The predicted octanol–water partition coefficient (Wildman–Crippen LogP) is 16.8. The minimum Gasteiger partial charge on any atom is -0.465 e. The van der Waals surface area contributed by atoms with E-state index in [1.54, 1.807) is 144 Å². The van der Waals surface area contributed by atoms with E-state index in [-0.39, 0.29) is 41.5 Å². The number of carbonyl (C=O) groups excluding carboxylic acids is 7. The number of allylic oxidation sites excluding steroid dienone is 1. The van der Waals surface area contributed by atoms with Gasteiger partial charge in [0.25, 0.3) is 29.5 Å². The summed E-state index contributed by atoms with van der Waals surface area (Å²) in [5.74, 6) is 7.62. The van der Waals surface area contributed by atoms with Crippen molar-refractivity contribution in [1.29, 1.82) is 0 Å². The summed E-state index contributed by atoms with van der Waals surface area (Å²) >= 11 is 0. The fourth-order valence-corrected chi connectivity index (χ4v) is 13.7. The molecule has 794 valence electrons. The summed E-state index contributed by atoms with van der Waals surface area (Å²) in [7, 11) is 33.2. The number of carbonyl (C=O) groups is 7.